The number of benzene rings is 1. The molecule has 0 unspecified atom stereocenters. The Morgan fingerprint density at radius 3 is 2.41 bits per heavy atom. The van der Waals surface area contributed by atoms with Crippen LogP contribution >= 0.6 is 0 Å². The van der Waals surface area contributed by atoms with Gasteiger partial charge >= 0.3 is 5.97 Å². The molecule has 94 valence electrons. The molecule has 0 aliphatic carbocycles. The third kappa shape index (κ3) is 3.44. The predicted molar refractivity (Wildman–Crippen MR) is 64.1 cm³/mol. The molecule has 0 bridgehead atoms. The Bertz CT molecular complexity index is 421. The summed E-state index contributed by atoms with van der Waals surface area (Å²) in [5, 5.41) is 28.4. The summed E-state index contributed by atoms with van der Waals surface area (Å²) in [7, 11) is 0. The molecule has 1 aromatic rings. The average Bonchev–Trinajstić information content (AvgIpc) is 2.15. The summed E-state index contributed by atoms with van der Waals surface area (Å²) >= 11 is 0. The van der Waals surface area contributed by atoms with Crippen molar-refractivity contribution in [2.45, 2.75) is 32.6 Å². The Morgan fingerprint density at radius 1 is 1.41 bits per heavy atom. The molecule has 1 rings (SSSR count). The van der Waals surface area contributed by atoms with E-state index in [4.69, 9.17) is 10.3 Å². The summed E-state index contributed by atoms with van der Waals surface area (Å²) in [5.41, 5.74) is 0.964. The van der Waals surface area contributed by atoms with Crippen molar-refractivity contribution >= 4 is 11.7 Å². The highest BCUT2D eigenvalue weighted by atomic mass is 16.8. The van der Waals surface area contributed by atoms with E-state index < -0.39 is 5.97 Å². The molecular formula is C12H16NO4-. The van der Waals surface area contributed by atoms with Crippen LogP contribution in [-0.2, 0) is 16.6 Å². The van der Waals surface area contributed by atoms with Crippen LogP contribution in [0.2, 0.25) is 0 Å². The van der Waals surface area contributed by atoms with Crippen LogP contribution in [0.15, 0.2) is 18.2 Å². The van der Waals surface area contributed by atoms with Gasteiger partial charge in [0, 0.05) is 0 Å². The van der Waals surface area contributed by atoms with E-state index >= 15 is 0 Å². The average molecular weight is 238 g/mol. The van der Waals surface area contributed by atoms with Gasteiger partial charge in [-0.1, -0.05) is 32.9 Å². The van der Waals surface area contributed by atoms with Gasteiger partial charge in [-0.3, -0.25) is 10.0 Å². The van der Waals surface area contributed by atoms with E-state index in [9.17, 15) is 10.0 Å². The Hall–Kier alpha value is -1.59. The Labute approximate surface area is 99.8 Å². The molecule has 2 N–H and O–H groups in total. The van der Waals surface area contributed by atoms with E-state index in [1.165, 1.54) is 6.07 Å². The van der Waals surface area contributed by atoms with Crippen LogP contribution in [0.25, 0.3) is 0 Å². The SMILES string of the molecule is CC(C)(C)c1ccc(CC(=O)O)c(N([O-])O)c1. The molecule has 0 heterocycles. The summed E-state index contributed by atoms with van der Waals surface area (Å²) < 4.78 is 0. The minimum atomic E-state index is -1.04. The lowest BCUT2D eigenvalue weighted by Gasteiger charge is -2.27. The third-order valence-corrected chi connectivity index (χ3v) is 2.50. The molecule has 0 saturated heterocycles. The summed E-state index contributed by atoms with van der Waals surface area (Å²) in [6.45, 7) is 5.90. The third-order valence-electron chi connectivity index (χ3n) is 2.50. The van der Waals surface area contributed by atoms with E-state index in [-0.39, 0.29) is 22.7 Å². The molecule has 0 radical (unpaired) electrons. The van der Waals surface area contributed by atoms with Crippen molar-refractivity contribution in [2.75, 3.05) is 5.23 Å². The van der Waals surface area contributed by atoms with E-state index in [0.717, 1.165) is 5.56 Å². The van der Waals surface area contributed by atoms with Crippen LogP contribution in [-0.4, -0.2) is 16.3 Å². The number of carboxylic acid groups (broad SMARTS) is 1. The molecule has 0 fully saturated rings. The molecule has 0 aliphatic heterocycles. The maximum atomic E-state index is 11.0. The predicted octanol–water partition coefficient (Wildman–Crippen LogP) is 2.30. The molecule has 0 amide bonds. The second-order valence-electron chi connectivity index (χ2n) is 4.94. The lowest BCUT2D eigenvalue weighted by Crippen LogP contribution is -2.16. The van der Waals surface area contributed by atoms with Crippen molar-refractivity contribution in [3.63, 3.8) is 0 Å². The fourth-order valence-corrected chi connectivity index (χ4v) is 1.52. The van der Waals surface area contributed by atoms with Crippen LogP contribution in [0.5, 0.6) is 0 Å². The molecule has 0 atom stereocenters. The van der Waals surface area contributed by atoms with Crippen molar-refractivity contribution in [1.82, 2.24) is 0 Å². The van der Waals surface area contributed by atoms with Crippen LogP contribution in [0.1, 0.15) is 31.9 Å². The Balaban J connectivity index is 3.22. The smallest absolute Gasteiger partial charge is 0.307 e. The van der Waals surface area contributed by atoms with Gasteiger partial charge in [0.15, 0.2) is 0 Å². The number of carbonyl (C=O) groups is 1. The number of anilines is 1. The first-order valence-corrected chi connectivity index (χ1v) is 5.23. The van der Waals surface area contributed by atoms with E-state index in [2.05, 4.69) is 0 Å². The first-order valence-electron chi connectivity index (χ1n) is 5.23. The van der Waals surface area contributed by atoms with Gasteiger partial charge < -0.3 is 15.5 Å². The van der Waals surface area contributed by atoms with Crippen molar-refractivity contribution < 1.29 is 15.1 Å². The normalized spacial score (nSPS) is 11.4. The zero-order chi connectivity index (χ0) is 13.2. The van der Waals surface area contributed by atoms with E-state index in [1.807, 2.05) is 20.8 Å². The number of aliphatic carboxylic acids is 1. The maximum Gasteiger partial charge on any atom is 0.307 e. The highest BCUT2D eigenvalue weighted by Gasteiger charge is 2.16. The van der Waals surface area contributed by atoms with Crippen LogP contribution in [0.3, 0.4) is 0 Å². The first-order chi connectivity index (χ1) is 7.71. The molecular weight excluding hydrogens is 222 g/mol. The zero-order valence-corrected chi connectivity index (χ0v) is 10.1. The topological polar surface area (TPSA) is 83.8 Å². The maximum absolute atomic E-state index is 11.0. The van der Waals surface area contributed by atoms with Crippen molar-refractivity contribution in [3.8, 4) is 0 Å². The molecule has 0 aliphatic rings. The minimum absolute atomic E-state index is 0.0141. The van der Waals surface area contributed by atoms with Crippen LogP contribution < -0.4 is 5.23 Å². The first kappa shape index (κ1) is 13.5. The summed E-state index contributed by atoms with van der Waals surface area (Å²) in [5.74, 6) is -1.04. The summed E-state index contributed by atoms with van der Waals surface area (Å²) in [6.07, 6.45) is -0.293. The largest absolute Gasteiger partial charge is 0.733 e. The Morgan fingerprint density at radius 2 is 2.00 bits per heavy atom. The van der Waals surface area contributed by atoms with Gasteiger partial charge in [-0.15, -0.1) is 0 Å². The molecule has 0 spiro atoms. The molecule has 5 heteroatoms. The second-order valence-corrected chi connectivity index (χ2v) is 4.94. The number of nitrogens with zero attached hydrogens (tertiary/aromatic N) is 1. The van der Waals surface area contributed by atoms with Gasteiger partial charge in [-0.2, -0.15) is 0 Å². The van der Waals surface area contributed by atoms with Crippen molar-refractivity contribution in [2.24, 2.45) is 0 Å². The molecule has 0 saturated carbocycles. The zero-order valence-electron chi connectivity index (χ0n) is 10.1. The number of rotatable bonds is 3. The van der Waals surface area contributed by atoms with E-state index in [0.29, 0.717) is 5.56 Å². The lowest BCUT2D eigenvalue weighted by molar-refractivity contribution is -0.136. The van der Waals surface area contributed by atoms with Crippen molar-refractivity contribution in [3.05, 3.63) is 34.5 Å². The van der Waals surface area contributed by atoms with Gasteiger partial charge in [0.2, 0.25) is 0 Å². The number of hydrogen-bond donors (Lipinski definition) is 2. The van der Waals surface area contributed by atoms with Gasteiger partial charge in [0.05, 0.1) is 12.1 Å². The summed E-state index contributed by atoms with van der Waals surface area (Å²) in [4.78, 5) is 10.6. The lowest BCUT2D eigenvalue weighted by atomic mass is 9.86. The van der Waals surface area contributed by atoms with Gasteiger partial charge in [-0.25, -0.2) is 0 Å². The van der Waals surface area contributed by atoms with E-state index in [1.54, 1.807) is 12.1 Å². The number of carboxylic acids is 1. The highest BCUT2D eigenvalue weighted by Crippen LogP contribution is 2.28. The summed E-state index contributed by atoms with van der Waals surface area (Å²) in [6, 6.07) is 4.85. The van der Waals surface area contributed by atoms with Crippen molar-refractivity contribution in [1.29, 1.82) is 0 Å². The second kappa shape index (κ2) is 4.73. The standard InChI is InChI=1S/C12H16NO4/c1-12(2,3)9-5-4-8(6-11(14)15)10(7-9)13(16)17/h4-5,7,16H,6H2,1-3H3,(H,14,15)/q-1. The fourth-order valence-electron chi connectivity index (χ4n) is 1.52. The fraction of sp³-hybridized carbons (Fsp3) is 0.417. The quantitative estimate of drug-likeness (QED) is 0.789. The molecule has 17 heavy (non-hydrogen) atoms. The Kier molecular flexibility index (Phi) is 3.75. The molecule has 1 aromatic carbocycles. The number of hydrogen-bond acceptors (Lipinski definition) is 4. The minimum Gasteiger partial charge on any atom is -0.733 e. The van der Waals surface area contributed by atoms with Gasteiger partial charge in [0.1, 0.15) is 0 Å². The van der Waals surface area contributed by atoms with Crippen LogP contribution in [0.4, 0.5) is 5.69 Å². The van der Waals surface area contributed by atoms with Gasteiger partial charge in [0.25, 0.3) is 0 Å². The molecule has 0 aromatic heterocycles. The van der Waals surface area contributed by atoms with Gasteiger partial charge in [-0.05, 0) is 22.6 Å². The monoisotopic (exact) mass is 238 g/mol. The molecule has 5 nitrogen and oxygen atoms in total. The van der Waals surface area contributed by atoms with Crippen LogP contribution in [0, 0.1) is 5.21 Å². The highest BCUT2D eigenvalue weighted by molar-refractivity contribution is 5.73.